The van der Waals surface area contributed by atoms with Crippen LogP contribution in [0.4, 0.5) is 18.9 Å². The number of amides is 1. The van der Waals surface area contributed by atoms with Crippen molar-refractivity contribution in [3.63, 3.8) is 0 Å². The average molecular weight is 596 g/mol. The van der Waals surface area contributed by atoms with Crippen LogP contribution in [0.3, 0.4) is 0 Å². The molecule has 0 aromatic heterocycles. The molecule has 3 aromatic rings. The Labute approximate surface area is 237 Å². The number of benzene rings is 3. The van der Waals surface area contributed by atoms with Gasteiger partial charge in [-0.2, -0.15) is 0 Å². The van der Waals surface area contributed by atoms with Crippen molar-refractivity contribution in [2.75, 3.05) is 26.2 Å². The minimum atomic E-state index is -5.02. The molecule has 0 aliphatic carbocycles. The van der Waals surface area contributed by atoms with E-state index in [0.29, 0.717) is 22.7 Å². The predicted octanol–water partition coefficient (Wildman–Crippen LogP) is 5.76. The van der Waals surface area contributed by atoms with Gasteiger partial charge in [0.1, 0.15) is 23.7 Å². The lowest BCUT2D eigenvalue weighted by Gasteiger charge is -2.26. The van der Waals surface area contributed by atoms with Crippen molar-refractivity contribution in [2.45, 2.75) is 31.5 Å². The first-order valence-corrected chi connectivity index (χ1v) is 12.4. The summed E-state index contributed by atoms with van der Waals surface area (Å²) in [5.74, 6) is -2.06. The van der Waals surface area contributed by atoms with Crippen LogP contribution < -0.4 is 23.8 Å². The van der Waals surface area contributed by atoms with Gasteiger partial charge >= 0.3 is 12.3 Å². The van der Waals surface area contributed by atoms with Crippen LogP contribution >= 0.6 is 11.6 Å². The molecule has 0 unspecified atom stereocenters. The van der Waals surface area contributed by atoms with Crippen LogP contribution in [0.25, 0.3) is 0 Å². The monoisotopic (exact) mass is 595 g/mol. The molecular formula is C28H25ClF3NO8. The van der Waals surface area contributed by atoms with Gasteiger partial charge in [-0.05, 0) is 36.4 Å². The largest absolute Gasteiger partial charge is 0.573 e. The number of methoxy groups -OCH3 is 3. The van der Waals surface area contributed by atoms with Crippen molar-refractivity contribution in [3.05, 3.63) is 76.3 Å². The van der Waals surface area contributed by atoms with Crippen LogP contribution in [-0.4, -0.2) is 50.8 Å². The molecule has 0 saturated carbocycles. The fraction of sp³-hybridized carbons (Fsp3) is 0.286. The van der Waals surface area contributed by atoms with E-state index in [1.807, 2.05) is 0 Å². The van der Waals surface area contributed by atoms with Crippen LogP contribution in [0.1, 0.15) is 29.2 Å². The van der Waals surface area contributed by atoms with Gasteiger partial charge in [-0.15, -0.1) is 13.2 Å². The first-order chi connectivity index (χ1) is 19.4. The number of halogens is 4. The van der Waals surface area contributed by atoms with Crippen molar-refractivity contribution in [2.24, 2.45) is 0 Å². The maximum Gasteiger partial charge on any atom is 0.573 e. The third kappa shape index (κ3) is 6.60. The van der Waals surface area contributed by atoms with Gasteiger partial charge in [0, 0.05) is 27.8 Å². The van der Waals surface area contributed by atoms with Crippen molar-refractivity contribution in [3.8, 4) is 23.0 Å². The Morgan fingerprint density at radius 2 is 1.76 bits per heavy atom. The van der Waals surface area contributed by atoms with Crippen molar-refractivity contribution in [1.82, 2.24) is 0 Å². The summed E-state index contributed by atoms with van der Waals surface area (Å²) in [6, 6.07) is 13.4. The number of hydrogen-bond donors (Lipinski definition) is 1. The van der Waals surface area contributed by atoms with Gasteiger partial charge in [-0.25, -0.2) is 0 Å². The lowest BCUT2D eigenvalue weighted by Crippen LogP contribution is -2.40. The number of fused-ring (bicyclic) bond motifs is 1. The van der Waals surface area contributed by atoms with Gasteiger partial charge in [-0.1, -0.05) is 23.7 Å². The third-order valence-corrected chi connectivity index (χ3v) is 6.54. The number of rotatable bonds is 9. The Morgan fingerprint density at radius 1 is 1.00 bits per heavy atom. The summed E-state index contributed by atoms with van der Waals surface area (Å²) in [6.45, 7) is -0.0683. The highest BCUT2D eigenvalue weighted by molar-refractivity contribution is 6.30. The number of ether oxygens (including phenoxy) is 5. The first-order valence-electron chi connectivity index (χ1n) is 12.1. The number of alkyl halides is 3. The van der Waals surface area contributed by atoms with E-state index in [1.54, 1.807) is 24.3 Å². The Morgan fingerprint density at radius 3 is 2.39 bits per heavy atom. The number of aliphatic carboxylic acids is 1. The standard InChI is InChI=1S/C28H25ClF3NO8/c1-37-17-9-7-15(22(12-17)38-2)14-33-20-10-8-16(29)11-19(20)25(40-23(27(33)36)13-24(34)35)18-5-4-6-21(26(18)39-3)41-28(30,31)32/h4-12,23,25H,13-14H2,1-3H3,(H,34,35)/t23-,25-/m0/s1. The molecule has 1 aliphatic heterocycles. The molecule has 4 rings (SSSR count). The topological polar surface area (TPSA) is 104 Å². The maximum absolute atomic E-state index is 13.9. The molecule has 1 heterocycles. The van der Waals surface area contributed by atoms with Gasteiger partial charge in [-0.3, -0.25) is 9.59 Å². The molecule has 41 heavy (non-hydrogen) atoms. The molecule has 2 atom stereocenters. The predicted molar refractivity (Wildman–Crippen MR) is 141 cm³/mol. The summed E-state index contributed by atoms with van der Waals surface area (Å²) in [7, 11) is 4.09. The number of hydrogen-bond acceptors (Lipinski definition) is 7. The summed E-state index contributed by atoms with van der Waals surface area (Å²) >= 11 is 6.33. The normalized spacial score (nSPS) is 17.0. The number of nitrogens with zero attached hydrogens (tertiary/aromatic N) is 1. The zero-order chi connectivity index (χ0) is 29.9. The summed E-state index contributed by atoms with van der Waals surface area (Å²) in [5.41, 5.74) is 1.20. The number of para-hydroxylation sites is 1. The molecular weight excluding hydrogens is 571 g/mol. The van der Waals surface area contributed by atoms with Crippen LogP contribution in [0.2, 0.25) is 5.02 Å². The Balaban J connectivity index is 1.91. The highest BCUT2D eigenvalue weighted by Gasteiger charge is 2.40. The lowest BCUT2D eigenvalue weighted by atomic mass is 9.97. The summed E-state index contributed by atoms with van der Waals surface area (Å²) < 4.78 is 65.7. The smallest absolute Gasteiger partial charge is 0.497 e. The fourth-order valence-electron chi connectivity index (χ4n) is 4.58. The van der Waals surface area contributed by atoms with Gasteiger partial charge in [0.25, 0.3) is 5.91 Å². The summed E-state index contributed by atoms with van der Waals surface area (Å²) in [6.07, 6.45) is -8.56. The molecule has 3 aromatic carbocycles. The number of carbonyl (C=O) groups is 2. The van der Waals surface area contributed by atoms with E-state index in [-0.39, 0.29) is 28.4 Å². The van der Waals surface area contributed by atoms with Crippen molar-refractivity contribution >= 4 is 29.2 Å². The fourth-order valence-corrected chi connectivity index (χ4v) is 4.76. The van der Waals surface area contributed by atoms with E-state index in [4.69, 9.17) is 30.5 Å². The molecule has 0 saturated heterocycles. The number of anilines is 1. The number of carboxylic acids is 1. The molecule has 1 aliphatic rings. The molecule has 13 heteroatoms. The molecule has 1 amide bonds. The second kappa shape index (κ2) is 12.1. The van der Waals surface area contributed by atoms with Gasteiger partial charge in [0.05, 0.1) is 40.0 Å². The minimum absolute atomic E-state index is 0.0600. The number of carbonyl (C=O) groups excluding carboxylic acids is 1. The Bertz CT molecular complexity index is 1450. The second-order valence-corrected chi connectivity index (χ2v) is 9.27. The van der Waals surface area contributed by atoms with E-state index in [0.717, 1.165) is 13.2 Å². The highest BCUT2D eigenvalue weighted by Crippen LogP contribution is 2.46. The maximum atomic E-state index is 13.9. The number of carboxylic acid groups (broad SMARTS) is 1. The highest BCUT2D eigenvalue weighted by atomic mass is 35.5. The van der Waals surface area contributed by atoms with Crippen molar-refractivity contribution < 1.29 is 51.6 Å². The first kappa shape index (κ1) is 29.8. The van der Waals surface area contributed by atoms with Crippen LogP contribution in [0.15, 0.2) is 54.6 Å². The Hall–Kier alpha value is -4.16. The summed E-state index contributed by atoms with van der Waals surface area (Å²) in [5, 5.41) is 9.85. The van der Waals surface area contributed by atoms with Crippen LogP contribution in [0.5, 0.6) is 23.0 Å². The quantitative estimate of drug-likeness (QED) is 0.333. The van der Waals surface area contributed by atoms with Gasteiger partial charge in [0.15, 0.2) is 11.5 Å². The molecule has 0 bridgehead atoms. The molecule has 0 spiro atoms. The zero-order valence-corrected chi connectivity index (χ0v) is 22.8. The Kier molecular flexibility index (Phi) is 8.83. The van der Waals surface area contributed by atoms with Crippen LogP contribution in [0, 0.1) is 0 Å². The third-order valence-electron chi connectivity index (χ3n) is 6.31. The van der Waals surface area contributed by atoms with Crippen molar-refractivity contribution in [1.29, 1.82) is 0 Å². The minimum Gasteiger partial charge on any atom is -0.497 e. The van der Waals surface area contributed by atoms with E-state index in [2.05, 4.69) is 4.74 Å². The van der Waals surface area contributed by atoms with Gasteiger partial charge < -0.3 is 33.7 Å². The SMILES string of the molecule is COc1ccc(CN2C(=O)[C@H](CC(=O)O)O[C@@H](c3cccc(OC(F)(F)F)c3OC)c3cc(Cl)ccc32)c(OC)c1. The second-order valence-electron chi connectivity index (χ2n) is 8.83. The molecule has 0 fully saturated rings. The van der Waals surface area contributed by atoms with E-state index < -0.39 is 42.6 Å². The zero-order valence-electron chi connectivity index (χ0n) is 22.0. The van der Waals surface area contributed by atoms with Gasteiger partial charge in [0.2, 0.25) is 0 Å². The molecule has 218 valence electrons. The summed E-state index contributed by atoms with van der Waals surface area (Å²) in [4.78, 5) is 27.0. The molecule has 1 N–H and O–H groups in total. The molecule has 0 radical (unpaired) electrons. The molecule has 9 nitrogen and oxygen atoms in total. The van der Waals surface area contributed by atoms with E-state index in [1.165, 1.54) is 43.4 Å². The average Bonchev–Trinajstić information content (AvgIpc) is 3.02. The lowest BCUT2D eigenvalue weighted by molar-refractivity contribution is -0.275. The van der Waals surface area contributed by atoms with E-state index in [9.17, 15) is 27.9 Å². The van der Waals surface area contributed by atoms with Crippen LogP contribution in [-0.2, 0) is 20.9 Å². The van der Waals surface area contributed by atoms with E-state index >= 15 is 0 Å².